The number of aliphatic hydroxyl groups excluding tert-OH is 1. The fourth-order valence-electron chi connectivity index (χ4n) is 7.54. The van der Waals surface area contributed by atoms with Gasteiger partial charge in [-0.15, -0.1) is 0 Å². The maximum Gasteiger partial charge on any atom is 0.313 e. The summed E-state index contributed by atoms with van der Waals surface area (Å²) in [5.74, 6) is -3.68. The van der Waals surface area contributed by atoms with Crippen molar-refractivity contribution in [3.8, 4) is 0 Å². The predicted molar refractivity (Wildman–Crippen MR) is 165 cm³/mol. The van der Waals surface area contributed by atoms with Crippen molar-refractivity contribution in [3.63, 3.8) is 0 Å². The zero-order valence-corrected chi connectivity index (χ0v) is 28.3. The lowest BCUT2D eigenvalue weighted by molar-refractivity contribution is -0.160. The lowest BCUT2D eigenvalue weighted by Crippen LogP contribution is -2.63. The molecule has 2 saturated heterocycles. The first-order valence-corrected chi connectivity index (χ1v) is 16.2. The first-order chi connectivity index (χ1) is 19.9. The van der Waals surface area contributed by atoms with Gasteiger partial charge in [0.2, 0.25) is 17.7 Å². The zero-order chi connectivity index (χ0) is 32.1. The number of allylic oxidation sites excluding steroid dienone is 1. The molecule has 4 aliphatic rings. The van der Waals surface area contributed by atoms with Gasteiger partial charge in [0.25, 0.3) is 0 Å². The van der Waals surface area contributed by atoms with Crippen LogP contribution in [-0.2, 0) is 28.7 Å². The SMILES string of the molecule is CC(C)[C@H](CO)N1C(=O)[C@@H]2[C@H]3C(=O)O[C@@H](C)CNC(=O)CC/C=C\CN(C(C)(C)CC(C)(C)C)C(=O)[C@@H]1[C@]21C=C(Br)[C@H]3O1. The quantitative estimate of drug-likeness (QED) is 0.341. The molecule has 2 fully saturated rings. The van der Waals surface area contributed by atoms with E-state index >= 15 is 4.79 Å². The first-order valence-electron chi connectivity index (χ1n) is 15.4. The molecule has 0 aromatic heterocycles. The molecule has 7 atom stereocenters. The van der Waals surface area contributed by atoms with E-state index in [0.29, 0.717) is 17.3 Å². The molecule has 0 aromatic rings. The van der Waals surface area contributed by atoms with Crippen LogP contribution >= 0.6 is 15.9 Å². The lowest BCUT2D eigenvalue weighted by Gasteiger charge is -2.46. The van der Waals surface area contributed by atoms with Gasteiger partial charge in [0.15, 0.2) is 0 Å². The van der Waals surface area contributed by atoms with Crippen molar-refractivity contribution >= 4 is 39.6 Å². The molecule has 4 heterocycles. The summed E-state index contributed by atoms with van der Waals surface area (Å²) in [6, 6.07) is -1.78. The summed E-state index contributed by atoms with van der Waals surface area (Å²) in [6.45, 7) is 15.9. The van der Waals surface area contributed by atoms with Crippen molar-refractivity contribution in [3.05, 3.63) is 22.7 Å². The fraction of sp³-hybridized carbons (Fsp3) is 0.750. The second-order valence-corrected chi connectivity index (χ2v) is 15.5. The van der Waals surface area contributed by atoms with Crippen molar-refractivity contribution in [2.45, 2.75) is 110 Å². The van der Waals surface area contributed by atoms with Gasteiger partial charge >= 0.3 is 5.97 Å². The molecule has 0 aliphatic carbocycles. The van der Waals surface area contributed by atoms with Gasteiger partial charge in [0.05, 0.1) is 25.1 Å². The Kier molecular flexibility index (Phi) is 9.61. The molecule has 0 aromatic carbocycles. The fourth-order valence-corrected chi connectivity index (χ4v) is 8.27. The highest BCUT2D eigenvalue weighted by Crippen LogP contribution is 2.59. The van der Waals surface area contributed by atoms with E-state index < -0.39 is 59.1 Å². The van der Waals surface area contributed by atoms with E-state index in [2.05, 4.69) is 42.0 Å². The topological polar surface area (TPSA) is 125 Å². The first kappa shape index (κ1) is 33.6. The normalized spacial score (nSPS) is 33.8. The number of aliphatic hydroxyl groups is 1. The largest absolute Gasteiger partial charge is 0.460 e. The van der Waals surface area contributed by atoms with Crippen LogP contribution in [0.5, 0.6) is 0 Å². The number of ether oxygens (including phenoxy) is 2. The average molecular weight is 667 g/mol. The number of carbonyl (C=O) groups excluding carboxylic acids is 4. The van der Waals surface area contributed by atoms with Gasteiger partial charge in [-0.25, -0.2) is 0 Å². The molecule has 4 rings (SSSR count). The molecule has 2 N–H and O–H groups in total. The summed E-state index contributed by atoms with van der Waals surface area (Å²) in [5.41, 5.74) is -2.18. The van der Waals surface area contributed by atoms with Gasteiger partial charge in [0, 0.05) is 23.0 Å². The van der Waals surface area contributed by atoms with Gasteiger partial charge in [-0.05, 0) is 51.0 Å². The zero-order valence-electron chi connectivity index (χ0n) is 26.7. The third-order valence-electron chi connectivity index (χ3n) is 9.04. The Labute approximate surface area is 263 Å². The van der Waals surface area contributed by atoms with E-state index in [-0.39, 0.29) is 49.3 Å². The van der Waals surface area contributed by atoms with Crippen LogP contribution in [0.3, 0.4) is 0 Å². The van der Waals surface area contributed by atoms with Crippen LogP contribution in [0.2, 0.25) is 0 Å². The number of rotatable bonds is 5. The molecule has 10 nitrogen and oxygen atoms in total. The minimum Gasteiger partial charge on any atom is -0.460 e. The summed E-state index contributed by atoms with van der Waals surface area (Å²) >= 11 is 3.57. The van der Waals surface area contributed by atoms with E-state index in [1.54, 1.807) is 17.9 Å². The summed E-state index contributed by atoms with van der Waals surface area (Å²) in [5, 5.41) is 13.4. The van der Waals surface area contributed by atoms with E-state index in [9.17, 15) is 19.5 Å². The molecule has 43 heavy (non-hydrogen) atoms. The molecular formula is C32H48BrN3O7. The predicted octanol–water partition coefficient (Wildman–Crippen LogP) is 3.32. The number of hydrogen-bond acceptors (Lipinski definition) is 7. The number of halogens is 1. The van der Waals surface area contributed by atoms with Gasteiger partial charge < -0.3 is 29.7 Å². The molecule has 5 bridgehead atoms. The third-order valence-corrected chi connectivity index (χ3v) is 9.72. The molecule has 0 saturated carbocycles. The second-order valence-electron chi connectivity index (χ2n) is 14.6. The Bertz CT molecular complexity index is 1190. The van der Waals surface area contributed by atoms with E-state index in [4.69, 9.17) is 9.47 Å². The monoisotopic (exact) mass is 665 g/mol. The van der Waals surface area contributed by atoms with Crippen LogP contribution in [-0.4, -0.2) is 93.7 Å². The molecule has 3 amide bonds. The molecule has 0 radical (unpaired) electrons. The summed E-state index contributed by atoms with van der Waals surface area (Å²) in [4.78, 5) is 59.0. The maximum atomic E-state index is 15.1. The van der Waals surface area contributed by atoms with Crippen LogP contribution in [0.4, 0.5) is 0 Å². The number of fused-ring (bicyclic) bond motifs is 2. The van der Waals surface area contributed by atoms with Gasteiger partial charge in [-0.2, -0.15) is 0 Å². The molecule has 240 valence electrons. The van der Waals surface area contributed by atoms with Crippen LogP contribution in [0, 0.1) is 23.2 Å². The highest BCUT2D eigenvalue weighted by molar-refractivity contribution is 9.11. The Morgan fingerprint density at radius 2 is 1.79 bits per heavy atom. The van der Waals surface area contributed by atoms with Crippen molar-refractivity contribution in [1.82, 2.24) is 15.1 Å². The van der Waals surface area contributed by atoms with E-state index in [0.717, 1.165) is 0 Å². The van der Waals surface area contributed by atoms with Crippen molar-refractivity contribution in [2.75, 3.05) is 19.7 Å². The van der Waals surface area contributed by atoms with Gasteiger partial charge in [-0.1, -0.05) is 62.7 Å². The highest BCUT2D eigenvalue weighted by Gasteiger charge is 2.76. The molecular weight excluding hydrogens is 618 g/mol. The lowest BCUT2D eigenvalue weighted by atomic mass is 9.74. The van der Waals surface area contributed by atoms with Crippen LogP contribution in [0.25, 0.3) is 0 Å². The number of esters is 1. The number of carbonyl (C=O) groups is 4. The number of hydrogen-bond donors (Lipinski definition) is 2. The number of nitrogens with zero attached hydrogens (tertiary/aromatic N) is 2. The van der Waals surface area contributed by atoms with Crippen LogP contribution in [0.1, 0.15) is 74.7 Å². The Hall–Kier alpha value is -2.24. The highest BCUT2D eigenvalue weighted by atomic mass is 79.9. The molecule has 4 aliphatic heterocycles. The van der Waals surface area contributed by atoms with Crippen LogP contribution in [0.15, 0.2) is 22.7 Å². The molecule has 0 unspecified atom stereocenters. The average Bonchev–Trinajstić information content (AvgIpc) is 3.46. The summed E-state index contributed by atoms with van der Waals surface area (Å²) in [6.07, 6.45) is 5.54. The minimum atomic E-state index is -1.42. The van der Waals surface area contributed by atoms with Crippen molar-refractivity contribution in [2.24, 2.45) is 23.2 Å². The number of cyclic esters (lactones) is 1. The molecule has 1 spiro atoms. The summed E-state index contributed by atoms with van der Waals surface area (Å²) < 4.78 is 12.9. The van der Waals surface area contributed by atoms with Crippen LogP contribution < -0.4 is 5.32 Å². The standard InChI is InChI=1S/C32H48BrN3O7/c1-18(2)21(16-37)36-26-28(40)35(31(7,8)17-30(4,5)6)13-11-9-10-12-22(38)34-15-19(3)42-29(41)23-24(27(36)39)32(26)14-20(33)25(23)43-32/h9,11,14,18-19,21,23-26,37H,10,12-13,15-17H2,1-8H3,(H,34,38)/b11-9-/t19-,21-,23+,24-,25+,26+,32-/m0/s1. The maximum absolute atomic E-state index is 15.1. The number of nitrogens with one attached hydrogen (secondary N) is 1. The Morgan fingerprint density at radius 3 is 2.40 bits per heavy atom. The Morgan fingerprint density at radius 1 is 1.12 bits per heavy atom. The second kappa shape index (κ2) is 12.3. The van der Waals surface area contributed by atoms with Gasteiger partial charge in [-0.3, -0.25) is 19.2 Å². The third kappa shape index (κ3) is 6.31. The molecule has 11 heteroatoms. The van der Waals surface area contributed by atoms with Crippen molar-refractivity contribution < 1.29 is 33.8 Å². The van der Waals surface area contributed by atoms with E-state index in [1.165, 1.54) is 4.90 Å². The van der Waals surface area contributed by atoms with E-state index in [1.807, 2.05) is 39.8 Å². The summed E-state index contributed by atoms with van der Waals surface area (Å²) in [7, 11) is 0. The number of likely N-dealkylation sites (tertiary alicyclic amines) is 1. The van der Waals surface area contributed by atoms with Gasteiger partial charge in [0.1, 0.15) is 29.8 Å². The van der Waals surface area contributed by atoms with Crippen molar-refractivity contribution in [1.29, 1.82) is 0 Å². The Balaban J connectivity index is 1.90. The minimum absolute atomic E-state index is 0.118. The smallest absolute Gasteiger partial charge is 0.313 e. The number of amides is 3.